The van der Waals surface area contributed by atoms with Crippen molar-refractivity contribution in [1.82, 2.24) is 14.7 Å². The fourth-order valence-electron chi connectivity index (χ4n) is 1.64. The highest BCUT2D eigenvalue weighted by Crippen LogP contribution is 2.12. The Kier molecular flexibility index (Phi) is 3.47. The van der Waals surface area contributed by atoms with Crippen molar-refractivity contribution in [3.05, 3.63) is 34.7 Å². The molecule has 0 saturated heterocycles. The normalized spacial score (nSPS) is 11.1. The molecule has 0 fully saturated rings. The van der Waals surface area contributed by atoms with E-state index in [9.17, 15) is 4.79 Å². The number of rotatable bonds is 3. The first kappa shape index (κ1) is 12.1. The number of carbonyl (C=O) groups excluding carboxylic acids is 1. The molecule has 0 aliphatic heterocycles. The van der Waals surface area contributed by atoms with E-state index in [1.54, 1.807) is 0 Å². The summed E-state index contributed by atoms with van der Waals surface area (Å²) in [6, 6.07) is 4.00. The Hall–Kier alpha value is -1.36. The molecule has 0 unspecified atom stereocenters. The van der Waals surface area contributed by atoms with Crippen LogP contribution in [0.5, 0.6) is 0 Å². The fourth-order valence-corrected chi connectivity index (χ4v) is 1.99. The van der Waals surface area contributed by atoms with Crippen molar-refractivity contribution >= 4 is 27.5 Å². The fraction of sp³-hybridized carbons (Fsp3) is 0.333. The van der Waals surface area contributed by atoms with Crippen LogP contribution in [0.1, 0.15) is 19.5 Å². The number of nitrogens with zero attached hydrogens (tertiary/aromatic N) is 2. The zero-order valence-electron chi connectivity index (χ0n) is 9.77. The van der Waals surface area contributed by atoms with Gasteiger partial charge in [0.05, 0.1) is 12.1 Å². The van der Waals surface area contributed by atoms with Gasteiger partial charge in [0.2, 0.25) is 5.91 Å². The standard InChI is InChI=1S/C12H14BrN3O/c1-8(2)14-12(17)5-10-7-16-6-9(13)3-4-11(16)15-10/h3-4,6-8H,5H2,1-2H3,(H,14,17). The summed E-state index contributed by atoms with van der Waals surface area (Å²) in [5, 5.41) is 2.85. The molecule has 0 aliphatic rings. The summed E-state index contributed by atoms with van der Waals surface area (Å²) in [6.45, 7) is 3.89. The number of amides is 1. The quantitative estimate of drug-likeness (QED) is 0.943. The molecule has 1 amide bonds. The van der Waals surface area contributed by atoms with Crippen LogP contribution in [0.4, 0.5) is 0 Å². The summed E-state index contributed by atoms with van der Waals surface area (Å²) < 4.78 is 2.89. The van der Waals surface area contributed by atoms with Gasteiger partial charge in [-0.3, -0.25) is 4.79 Å². The van der Waals surface area contributed by atoms with Crippen LogP contribution in [0, 0.1) is 0 Å². The lowest BCUT2D eigenvalue weighted by Crippen LogP contribution is -2.31. The third kappa shape index (κ3) is 3.06. The highest BCUT2D eigenvalue weighted by Gasteiger charge is 2.08. The second-order valence-corrected chi connectivity index (χ2v) is 5.16. The lowest BCUT2D eigenvalue weighted by Gasteiger charge is -2.06. The molecule has 5 heteroatoms. The summed E-state index contributed by atoms with van der Waals surface area (Å²) in [4.78, 5) is 16.0. The van der Waals surface area contributed by atoms with Crippen molar-refractivity contribution in [2.75, 3.05) is 0 Å². The van der Waals surface area contributed by atoms with E-state index in [0.29, 0.717) is 6.42 Å². The summed E-state index contributed by atoms with van der Waals surface area (Å²) in [7, 11) is 0. The van der Waals surface area contributed by atoms with Crippen LogP contribution in [0.2, 0.25) is 0 Å². The molecule has 90 valence electrons. The second-order valence-electron chi connectivity index (χ2n) is 4.24. The number of halogens is 1. The average molecular weight is 296 g/mol. The molecule has 0 aliphatic carbocycles. The third-order valence-electron chi connectivity index (χ3n) is 2.26. The average Bonchev–Trinajstić information content (AvgIpc) is 2.57. The van der Waals surface area contributed by atoms with Crippen LogP contribution in [0.3, 0.4) is 0 Å². The molecule has 4 nitrogen and oxygen atoms in total. The topological polar surface area (TPSA) is 46.4 Å². The van der Waals surface area contributed by atoms with Crippen molar-refractivity contribution in [1.29, 1.82) is 0 Å². The van der Waals surface area contributed by atoms with Crippen molar-refractivity contribution < 1.29 is 4.79 Å². The number of hydrogen-bond acceptors (Lipinski definition) is 2. The largest absolute Gasteiger partial charge is 0.354 e. The minimum atomic E-state index is 0.00229. The molecule has 2 aromatic rings. The van der Waals surface area contributed by atoms with Crippen LogP contribution >= 0.6 is 15.9 Å². The van der Waals surface area contributed by atoms with E-state index in [1.165, 1.54) is 0 Å². The lowest BCUT2D eigenvalue weighted by atomic mass is 10.3. The molecule has 17 heavy (non-hydrogen) atoms. The molecule has 2 heterocycles. The monoisotopic (exact) mass is 295 g/mol. The van der Waals surface area contributed by atoms with Crippen LogP contribution in [0.15, 0.2) is 29.0 Å². The summed E-state index contributed by atoms with van der Waals surface area (Å²) in [5.41, 5.74) is 1.63. The van der Waals surface area contributed by atoms with Crippen LogP contribution in [-0.4, -0.2) is 21.3 Å². The van der Waals surface area contributed by atoms with E-state index >= 15 is 0 Å². The van der Waals surface area contributed by atoms with E-state index in [0.717, 1.165) is 15.8 Å². The van der Waals surface area contributed by atoms with Gasteiger partial charge in [0.1, 0.15) is 5.65 Å². The van der Waals surface area contributed by atoms with Crippen molar-refractivity contribution in [3.8, 4) is 0 Å². The van der Waals surface area contributed by atoms with Gasteiger partial charge in [-0.05, 0) is 41.9 Å². The molecule has 0 bridgehead atoms. The minimum Gasteiger partial charge on any atom is -0.354 e. The summed E-state index contributed by atoms with van der Waals surface area (Å²) in [5.74, 6) is 0.00229. The van der Waals surface area contributed by atoms with Gasteiger partial charge in [0.25, 0.3) is 0 Å². The van der Waals surface area contributed by atoms with Gasteiger partial charge < -0.3 is 9.72 Å². The van der Waals surface area contributed by atoms with E-state index in [-0.39, 0.29) is 11.9 Å². The number of aromatic nitrogens is 2. The van der Waals surface area contributed by atoms with Crippen molar-refractivity contribution in [2.45, 2.75) is 26.3 Å². The van der Waals surface area contributed by atoms with Crippen molar-refractivity contribution in [2.24, 2.45) is 0 Å². The highest BCUT2D eigenvalue weighted by molar-refractivity contribution is 9.10. The number of hydrogen-bond donors (Lipinski definition) is 1. The van der Waals surface area contributed by atoms with Crippen LogP contribution in [0.25, 0.3) is 5.65 Å². The maximum absolute atomic E-state index is 11.6. The molecule has 0 radical (unpaired) electrons. The molecule has 0 spiro atoms. The molecular formula is C12H14BrN3O. The van der Waals surface area contributed by atoms with Gasteiger partial charge in [-0.1, -0.05) is 0 Å². The van der Waals surface area contributed by atoms with Gasteiger partial charge in [-0.2, -0.15) is 0 Å². The van der Waals surface area contributed by atoms with E-state index in [2.05, 4.69) is 26.2 Å². The van der Waals surface area contributed by atoms with E-state index in [4.69, 9.17) is 0 Å². The third-order valence-corrected chi connectivity index (χ3v) is 2.73. The van der Waals surface area contributed by atoms with E-state index < -0.39 is 0 Å². The Morgan fingerprint density at radius 3 is 2.94 bits per heavy atom. The number of nitrogens with one attached hydrogen (secondary N) is 1. The number of carbonyl (C=O) groups is 1. The zero-order valence-corrected chi connectivity index (χ0v) is 11.4. The molecule has 2 aromatic heterocycles. The first-order valence-electron chi connectivity index (χ1n) is 5.47. The second kappa shape index (κ2) is 4.87. The maximum Gasteiger partial charge on any atom is 0.226 e. The summed E-state index contributed by atoms with van der Waals surface area (Å²) >= 11 is 3.40. The van der Waals surface area contributed by atoms with Gasteiger partial charge >= 0.3 is 0 Å². The molecule has 0 aromatic carbocycles. The van der Waals surface area contributed by atoms with Gasteiger partial charge in [-0.15, -0.1) is 0 Å². The Labute approximate surface area is 108 Å². The minimum absolute atomic E-state index is 0.00229. The SMILES string of the molecule is CC(C)NC(=O)Cc1cn2cc(Br)ccc2n1. The molecule has 1 N–H and O–H groups in total. The highest BCUT2D eigenvalue weighted by atomic mass is 79.9. The molecule has 0 saturated carbocycles. The number of fused-ring (bicyclic) bond motifs is 1. The van der Waals surface area contributed by atoms with Crippen LogP contribution < -0.4 is 5.32 Å². The maximum atomic E-state index is 11.6. The van der Waals surface area contributed by atoms with Gasteiger partial charge in [0.15, 0.2) is 0 Å². The van der Waals surface area contributed by atoms with Gasteiger partial charge in [0, 0.05) is 22.9 Å². The Morgan fingerprint density at radius 2 is 2.24 bits per heavy atom. The predicted octanol–water partition coefficient (Wildman–Crippen LogP) is 2.16. The van der Waals surface area contributed by atoms with E-state index in [1.807, 2.05) is 42.8 Å². The first-order chi connectivity index (χ1) is 8.04. The first-order valence-corrected chi connectivity index (χ1v) is 6.26. The summed E-state index contributed by atoms with van der Waals surface area (Å²) in [6.07, 6.45) is 4.11. The van der Waals surface area contributed by atoms with Crippen LogP contribution in [-0.2, 0) is 11.2 Å². The zero-order chi connectivity index (χ0) is 12.4. The number of pyridine rings is 1. The Balaban J connectivity index is 2.17. The molecular weight excluding hydrogens is 282 g/mol. The lowest BCUT2D eigenvalue weighted by molar-refractivity contribution is -0.120. The Bertz CT molecular complexity index is 548. The molecule has 0 atom stereocenters. The predicted molar refractivity (Wildman–Crippen MR) is 69.9 cm³/mol. The van der Waals surface area contributed by atoms with Crippen molar-refractivity contribution in [3.63, 3.8) is 0 Å². The van der Waals surface area contributed by atoms with Gasteiger partial charge in [-0.25, -0.2) is 4.98 Å². The molecule has 2 rings (SSSR count). The number of imidazole rings is 1. The Morgan fingerprint density at radius 1 is 1.47 bits per heavy atom. The smallest absolute Gasteiger partial charge is 0.226 e.